The highest BCUT2D eigenvalue weighted by molar-refractivity contribution is 6.00. The molecule has 6 rings (SSSR count). The summed E-state index contributed by atoms with van der Waals surface area (Å²) in [5.41, 5.74) is 5.19. The van der Waals surface area contributed by atoms with Crippen molar-refractivity contribution in [3.8, 4) is 28.7 Å². The molecule has 46 heavy (non-hydrogen) atoms. The van der Waals surface area contributed by atoms with Crippen LogP contribution in [-0.4, -0.2) is 66.3 Å². The van der Waals surface area contributed by atoms with Crippen LogP contribution < -0.4 is 25.4 Å². The number of methoxy groups -OCH3 is 2. The van der Waals surface area contributed by atoms with E-state index < -0.39 is 5.91 Å². The molecule has 234 valence electrons. The number of anilines is 3. The molecule has 0 atom stereocenters. The summed E-state index contributed by atoms with van der Waals surface area (Å²) in [5, 5.41) is 25.9. The molecular formula is C34H34N8O4. The van der Waals surface area contributed by atoms with Gasteiger partial charge in [-0.05, 0) is 48.2 Å². The number of benzene rings is 2. The molecule has 12 heteroatoms. The number of ether oxygens (including phenoxy) is 2. The van der Waals surface area contributed by atoms with E-state index in [0.29, 0.717) is 35.3 Å². The van der Waals surface area contributed by atoms with Gasteiger partial charge in [0.2, 0.25) is 5.91 Å². The second-order valence-corrected chi connectivity index (χ2v) is 11.3. The Kier molecular flexibility index (Phi) is 8.76. The van der Waals surface area contributed by atoms with E-state index in [9.17, 15) is 9.59 Å². The summed E-state index contributed by atoms with van der Waals surface area (Å²) in [6, 6.07) is 21.0. The van der Waals surface area contributed by atoms with Crippen molar-refractivity contribution >= 4 is 29.0 Å². The zero-order valence-electron chi connectivity index (χ0n) is 25.8. The van der Waals surface area contributed by atoms with Crippen molar-refractivity contribution in [2.24, 2.45) is 5.92 Å². The van der Waals surface area contributed by atoms with Crippen LogP contribution in [0.15, 0.2) is 60.7 Å². The summed E-state index contributed by atoms with van der Waals surface area (Å²) < 4.78 is 11.7. The maximum atomic E-state index is 12.6. The Morgan fingerprint density at radius 2 is 1.80 bits per heavy atom. The average molecular weight is 619 g/mol. The van der Waals surface area contributed by atoms with E-state index >= 15 is 0 Å². The van der Waals surface area contributed by atoms with Crippen LogP contribution in [0.3, 0.4) is 0 Å². The molecule has 3 N–H and O–H groups in total. The smallest absolute Gasteiger partial charge is 0.273 e. The first kappa shape index (κ1) is 30.5. The molecule has 1 saturated heterocycles. The number of nitriles is 1. The van der Waals surface area contributed by atoms with Crippen LogP contribution in [0.5, 0.6) is 11.5 Å². The van der Waals surface area contributed by atoms with Crippen molar-refractivity contribution in [1.82, 2.24) is 25.4 Å². The molecule has 3 heterocycles. The van der Waals surface area contributed by atoms with E-state index in [1.165, 1.54) is 7.05 Å². The van der Waals surface area contributed by atoms with Gasteiger partial charge in [-0.15, -0.1) is 10.2 Å². The molecule has 12 nitrogen and oxygen atoms in total. The fourth-order valence-corrected chi connectivity index (χ4v) is 5.61. The third-order valence-electron chi connectivity index (χ3n) is 8.17. The van der Waals surface area contributed by atoms with Gasteiger partial charge in [0.15, 0.2) is 11.5 Å². The second kappa shape index (κ2) is 13.2. The Balaban J connectivity index is 1.23. The SMILES string of the molecule is CNC(=O)c1nnc(NC(=O)C2CC2)cc1Nc1cccc(-c2ccc(C3CN(Cc4cccc(C#N)n4)C3)c(OC)c2)c1OC. The van der Waals surface area contributed by atoms with Crippen molar-refractivity contribution in [2.45, 2.75) is 25.3 Å². The van der Waals surface area contributed by atoms with E-state index in [2.05, 4.69) is 54.2 Å². The standard InChI is InChI=1S/C34H34N8O4/c1-36-34(44)31-28(15-30(40-41-31)39-33(43)20-10-11-20)38-27-9-5-8-26(32(27)46-3)21-12-13-25(29(14-21)45-2)22-17-42(18-22)19-24-7-4-6-23(16-35)37-24/h4-9,12-15,20,22H,10-11,17-19H2,1-3H3,(H,36,44)(H2,38,39,40,43). The quantitative estimate of drug-likeness (QED) is 0.219. The van der Waals surface area contributed by atoms with E-state index in [4.69, 9.17) is 14.7 Å². The fraction of sp³-hybridized carbons (Fsp3) is 0.294. The molecule has 2 fully saturated rings. The molecule has 2 aromatic heterocycles. The van der Waals surface area contributed by atoms with Crippen LogP contribution >= 0.6 is 0 Å². The minimum Gasteiger partial charge on any atom is -0.496 e. The third kappa shape index (κ3) is 6.45. The maximum Gasteiger partial charge on any atom is 0.273 e. The molecule has 2 amide bonds. The van der Waals surface area contributed by atoms with Crippen LogP contribution in [0.4, 0.5) is 17.2 Å². The van der Waals surface area contributed by atoms with Crippen LogP contribution in [0.2, 0.25) is 0 Å². The second-order valence-electron chi connectivity index (χ2n) is 11.3. The van der Waals surface area contributed by atoms with Gasteiger partial charge in [0.25, 0.3) is 5.91 Å². The lowest BCUT2D eigenvalue weighted by molar-refractivity contribution is -0.117. The van der Waals surface area contributed by atoms with Gasteiger partial charge in [-0.1, -0.05) is 30.3 Å². The number of carbonyl (C=O) groups excluding carboxylic acids is 2. The fourth-order valence-electron chi connectivity index (χ4n) is 5.61. The number of para-hydroxylation sites is 1. The van der Waals surface area contributed by atoms with Gasteiger partial charge in [-0.2, -0.15) is 5.26 Å². The van der Waals surface area contributed by atoms with E-state index in [1.807, 2.05) is 36.4 Å². The van der Waals surface area contributed by atoms with Crippen LogP contribution in [0, 0.1) is 17.2 Å². The normalized spacial score (nSPS) is 14.5. The molecule has 0 unspecified atom stereocenters. The largest absolute Gasteiger partial charge is 0.496 e. The highest BCUT2D eigenvalue weighted by Crippen LogP contribution is 2.42. The Morgan fingerprint density at radius 1 is 1.00 bits per heavy atom. The van der Waals surface area contributed by atoms with Gasteiger partial charge in [-0.3, -0.25) is 14.5 Å². The van der Waals surface area contributed by atoms with E-state index in [0.717, 1.165) is 54.1 Å². The summed E-state index contributed by atoms with van der Waals surface area (Å²) in [7, 11) is 4.77. The molecule has 2 aliphatic rings. The first-order chi connectivity index (χ1) is 22.4. The number of carbonyl (C=O) groups is 2. The molecular weight excluding hydrogens is 584 g/mol. The van der Waals surface area contributed by atoms with E-state index in [-0.39, 0.29) is 23.3 Å². The summed E-state index contributed by atoms with van der Waals surface area (Å²) in [6.07, 6.45) is 1.71. The summed E-state index contributed by atoms with van der Waals surface area (Å²) in [4.78, 5) is 31.7. The maximum absolute atomic E-state index is 12.6. The molecule has 1 aliphatic carbocycles. The Labute approximate surface area is 266 Å². The first-order valence-electron chi connectivity index (χ1n) is 15.0. The van der Waals surface area contributed by atoms with E-state index in [1.54, 1.807) is 26.4 Å². The highest BCUT2D eigenvalue weighted by atomic mass is 16.5. The van der Waals surface area contributed by atoms with Gasteiger partial charge in [0.1, 0.15) is 23.3 Å². The van der Waals surface area contributed by atoms with Crippen molar-refractivity contribution < 1.29 is 19.1 Å². The Bertz CT molecular complexity index is 1830. The Morgan fingerprint density at radius 3 is 2.52 bits per heavy atom. The topological polar surface area (TPSA) is 154 Å². The summed E-state index contributed by atoms with van der Waals surface area (Å²) in [6.45, 7) is 2.40. The predicted molar refractivity (Wildman–Crippen MR) is 172 cm³/mol. The minimum atomic E-state index is -0.424. The number of likely N-dealkylation sites (tertiary alicyclic amines) is 1. The van der Waals surface area contributed by atoms with Crippen LogP contribution in [0.25, 0.3) is 11.1 Å². The monoisotopic (exact) mass is 618 g/mol. The van der Waals surface area contributed by atoms with Gasteiger partial charge in [0, 0.05) is 50.1 Å². The zero-order valence-corrected chi connectivity index (χ0v) is 25.8. The highest BCUT2D eigenvalue weighted by Gasteiger charge is 2.31. The lowest BCUT2D eigenvalue weighted by atomic mass is 9.89. The van der Waals surface area contributed by atoms with Crippen molar-refractivity contribution in [2.75, 3.05) is 45.0 Å². The number of nitrogens with zero attached hydrogens (tertiary/aromatic N) is 5. The minimum absolute atomic E-state index is 0.00881. The third-order valence-corrected chi connectivity index (χ3v) is 8.17. The summed E-state index contributed by atoms with van der Waals surface area (Å²) >= 11 is 0. The number of hydrogen-bond donors (Lipinski definition) is 3. The van der Waals surface area contributed by atoms with Gasteiger partial charge in [-0.25, -0.2) is 4.98 Å². The first-order valence-corrected chi connectivity index (χ1v) is 15.0. The van der Waals surface area contributed by atoms with Gasteiger partial charge < -0.3 is 25.4 Å². The van der Waals surface area contributed by atoms with Crippen molar-refractivity contribution in [3.05, 3.63) is 83.3 Å². The predicted octanol–water partition coefficient (Wildman–Crippen LogP) is 4.48. The number of hydrogen-bond acceptors (Lipinski definition) is 10. The molecule has 0 bridgehead atoms. The molecule has 2 aromatic carbocycles. The lowest BCUT2D eigenvalue weighted by Crippen LogP contribution is -2.44. The number of aromatic nitrogens is 3. The van der Waals surface area contributed by atoms with Crippen LogP contribution in [-0.2, 0) is 11.3 Å². The Hall–Kier alpha value is -5.54. The van der Waals surface area contributed by atoms with Crippen LogP contribution in [0.1, 0.15) is 46.2 Å². The van der Waals surface area contributed by atoms with Gasteiger partial charge in [0.05, 0.1) is 31.3 Å². The molecule has 0 radical (unpaired) electrons. The van der Waals surface area contributed by atoms with Crippen molar-refractivity contribution in [3.63, 3.8) is 0 Å². The number of amides is 2. The lowest BCUT2D eigenvalue weighted by Gasteiger charge is -2.40. The molecule has 1 saturated carbocycles. The van der Waals surface area contributed by atoms with Gasteiger partial charge >= 0.3 is 0 Å². The molecule has 1 aliphatic heterocycles. The molecule has 4 aromatic rings. The summed E-state index contributed by atoms with van der Waals surface area (Å²) in [5.74, 6) is 1.35. The average Bonchev–Trinajstić information content (AvgIpc) is 3.92. The van der Waals surface area contributed by atoms with Crippen molar-refractivity contribution in [1.29, 1.82) is 5.26 Å². The number of pyridine rings is 1. The number of nitrogens with one attached hydrogen (secondary N) is 3. The molecule has 0 spiro atoms. The number of rotatable bonds is 11. The zero-order chi connectivity index (χ0) is 32.2.